The van der Waals surface area contributed by atoms with Crippen LogP contribution in [0.5, 0.6) is 0 Å². The van der Waals surface area contributed by atoms with E-state index in [2.05, 4.69) is 10.2 Å². The van der Waals surface area contributed by atoms with E-state index in [1.54, 1.807) is 0 Å². The number of nitrogens with zero attached hydrogens (tertiary/aromatic N) is 2. The summed E-state index contributed by atoms with van der Waals surface area (Å²) in [6, 6.07) is 10.0. The smallest absolute Gasteiger partial charge is 0.317 e. The Bertz CT molecular complexity index is 556. The average molecular weight is 347 g/mol. The van der Waals surface area contributed by atoms with E-state index >= 15 is 0 Å². The van der Waals surface area contributed by atoms with Gasteiger partial charge in [-0.1, -0.05) is 37.3 Å². The predicted octanol–water partition coefficient (Wildman–Crippen LogP) is 1.56. The van der Waals surface area contributed by atoms with Gasteiger partial charge in [-0.3, -0.25) is 19.4 Å². The van der Waals surface area contributed by atoms with Gasteiger partial charge in [-0.2, -0.15) is 0 Å². The molecular formula is C19H29N3O3. The quantitative estimate of drug-likeness (QED) is 0.747. The molecule has 0 saturated carbocycles. The van der Waals surface area contributed by atoms with Gasteiger partial charge in [0.15, 0.2) is 0 Å². The lowest BCUT2D eigenvalue weighted by Crippen LogP contribution is -2.52. The van der Waals surface area contributed by atoms with Gasteiger partial charge in [-0.25, -0.2) is 0 Å². The number of carbonyl (C=O) groups is 2. The summed E-state index contributed by atoms with van der Waals surface area (Å²) in [5, 5.41) is 12.0. The SMILES string of the molecule is CCN(CC(=O)O)C1CCN(C(C)C(=O)NCc2ccccc2)CC1. The molecule has 1 atom stereocenters. The van der Waals surface area contributed by atoms with E-state index in [1.165, 1.54) is 0 Å². The zero-order chi connectivity index (χ0) is 18.2. The van der Waals surface area contributed by atoms with Crippen LogP contribution in [0.4, 0.5) is 0 Å². The standard InChI is InChI=1S/C19H29N3O3/c1-3-21(14-18(23)24)17-9-11-22(12-10-17)15(2)19(25)20-13-16-7-5-4-6-8-16/h4-8,15,17H,3,9-14H2,1-2H3,(H,20,25)(H,23,24). The Kier molecular flexibility index (Phi) is 7.40. The predicted molar refractivity (Wildman–Crippen MR) is 97.2 cm³/mol. The van der Waals surface area contributed by atoms with Gasteiger partial charge in [0.05, 0.1) is 12.6 Å². The van der Waals surface area contributed by atoms with E-state index in [1.807, 2.05) is 49.1 Å². The largest absolute Gasteiger partial charge is 0.480 e. The minimum Gasteiger partial charge on any atom is -0.480 e. The first-order valence-electron chi connectivity index (χ1n) is 9.02. The molecule has 0 aromatic heterocycles. The molecule has 2 N–H and O–H groups in total. The van der Waals surface area contributed by atoms with E-state index in [0.717, 1.165) is 38.0 Å². The van der Waals surface area contributed by atoms with Crippen molar-refractivity contribution in [3.8, 4) is 0 Å². The number of nitrogens with one attached hydrogen (secondary N) is 1. The van der Waals surface area contributed by atoms with Crippen LogP contribution < -0.4 is 5.32 Å². The molecule has 1 aliphatic rings. The number of carbonyl (C=O) groups excluding carboxylic acids is 1. The van der Waals surface area contributed by atoms with E-state index < -0.39 is 5.97 Å². The van der Waals surface area contributed by atoms with Gasteiger partial charge in [0, 0.05) is 25.7 Å². The van der Waals surface area contributed by atoms with Crippen LogP contribution >= 0.6 is 0 Å². The molecule has 1 aromatic carbocycles. The molecule has 6 nitrogen and oxygen atoms in total. The normalized spacial score (nSPS) is 17.4. The summed E-state index contributed by atoms with van der Waals surface area (Å²) < 4.78 is 0. The number of hydrogen-bond acceptors (Lipinski definition) is 4. The Balaban J connectivity index is 1.78. The van der Waals surface area contributed by atoms with Crippen molar-refractivity contribution < 1.29 is 14.7 Å². The number of likely N-dealkylation sites (tertiary alicyclic amines) is 1. The van der Waals surface area contributed by atoms with Gasteiger partial charge in [0.1, 0.15) is 0 Å². The molecule has 1 aliphatic heterocycles. The Hall–Kier alpha value is -1.92. The first-order chi connectivity index (χ1) is 12.0. The maximum absolute atomic E-state index is 12.4. The van der Waals surface area contributed by atoms with Crippen LogP contribution in [-0.2, 0) is 16.1 Å². The molecule has 1 aromatic rings. The minimum absolute atomic E-state index is 0.0418. The third kappa shape index (κ3) is 5.83. The average Bonchev–Trinajstić information content (AvgIpc) is 2.64. The molecule has 0 bridgehead atoms. The fraction of sp³-hybridized carbons (Fsp3) is 0.579. The monoisotopic (exact) mass is 347 g/mol. The van der Waals surface area contributed by atoms with E-state index in [9.17, 15) is 9.59 Å². The third-order valence-electron chi connectivity index (χ3n) is 5.00. The van der Waals surface area contributed by atoms with Gasteiger partial charge in [0.2, 0.25) is 5.91 Å². The van der Waals surface area contributed by atoms with E-state index in [-0.39, 0.29) is 24.5 Å². The second kappa shape index (κ2) is 9.53. The van der Waals surface area contributed by atoms with Gasteiger partial charge in [-0.15, -0.1) is 0 Å². The van der Waals surface area contributed by atoms with Crippen molar-refractivity contribution in [3.63, 3.8) is 0 Å². The van der Waals surface area contributed by atoms with Crippen LogP contribution in [0.15, 0.2) is 30.3 Å². The Morgan fingerprint density at radius 1 is 1.28 bits per heavy atom. The second-order valence-corrected chi connectivity index (χ2v) is 6.60. The summed E-state index contributed by atoms with van der Waals surface area (Å²) in [4.78, 5) is 27.5. The van der Waals surface area contributed by atoms with Crippen LogP contribution in [0.3, 0.4) is 0 Å². The van der Waals surface area contributed by atoms with Crippen molar-refractivity contribution in [2.75, 3.05) is 26.2 Å². The number of amides is 1. The lowest BCUT2D eigenvalue weighted by atomic mass is 10.0. The first-order valence-corrected chi connectivity index (χ1v) is 9.02. The first kappa shape index (κ1) is 19.4. The van der Waals surface area contributed by atoms with Crippen LogP contribution in [0.2, 0.25) is 0 Å². The Morgan fingerprint density at radius 2 is 1.92 bits per heavy atom. The van der Waals surface area contributed by atoms with Crippen molar-refractivity contribution in [1.82, 2.24) is 15.1 Å². The fourth-order valence-corrected chi connectivity index (χ4v) is 3.41. The molecule has 138 valence electrons. The van der Waals surface area contributed by atoms with Crippen LogP contribution in [0.1, 0.15) is 32.3 Å². The lowest BCUT2D eigenvalue weighted by Gasteiger charge is -2.39. The maximum Gasteiger partial charge on any atom is 0.317 e. The number of hydrogen-bond donors (Lipinski definition) is 2. The number of carboxylic acids is 1. The molecule has 25 heavy (non-hydrogen) atoms. The molecule has 0 aliphatic carbocycles. The molecule has 1 amide bonds. The number of piperidine rings is 1. The molecule has 6 heteroatoms. The van der Waals surface area contributed by atoms with Gasteiger partial charge >= 0.3 is 5.97 Å². The van der Waals surface area contributed by atoms with Gasteiger partial charge in [-0.05, 0) is 31.9 Å². The summed E-state index contributed by atoms with van der Waals surface area (Å²) in [6.45, 7) is 6.95. The highest BCUT2D eigenvalue weighted by molar-refractivity contribution is 5.81. The van der Waals surface area contributed by atoms with Crippen molar-refractivity contribution in [2.45, 2.75) is 45.3 Å². The topological polar surface area (TPSA) is 72.9 Å². The summed E-state index contributed by atoms with van der Waals surface area (Å²) in [7, 11) is 0. The van der Waals surface area contributed by atoms with Crippen LogP contribution in [-0.4, -0.2) is 65.0 Å². The van der Waals surface area contributed by atoms with Crippen molar-refractivity contribution in [1.29, 1.82) is 0 Å². The number of rotatable bonds is 8. The van der Waals surface area contributed by atoms with Gasteiger partial charge < -0.3 is 10.4 Å². The molecule has 0 radical (unpaired) electrons. The van der Waals surface area contributed by atoms with Crippen molar-refractivity contribution in [2.24, 2.45) is 0 Å². The lowest BCUT2D eigenvalue weighted by molar-refractivity contribution is -0.139. The second-order valence-electron chi connectivity index (χ2n) is 6.60. The van der Waals surface area contributed by atoms with Gasteiger partial charge in [0.25, 0.3) is 0 Å². The number of aliphatic carboxylic acids is 1. The molecule has 0 spiro atoms. The van der Waals surface area contributed by atoms with E-state index in [0.29, 0.717) is 6.54 Å². The van der Waals surface area contributed by atoms with Crippen molar-refractivity contribution in [3.05, 3.63) is 35.9 Å². The summed E-state index contributed by atoms with van der Waals surface area (Å²) in [5.74, 6) is -0.738. The Morgan fingerprint density at radius 3 is 2.48 bits per heavy atom. The minimum atomic E-state index is -0.780. The highest BCUT2D eigenvalue weighted by Crippen LogP contribution is 2.18. The molecule has 1 saturated heterocycles. The number of likely N-dealkylation sites (N-methyl/N-ethyl adjacent to an activating group) is 1. The number of benzene rings is 1. The highest BCUT2D eigenvalue weighted by Gasteiger charge is 2.29. The highest BCUT2D eigenvalue weighted by atomic mass is 16.4. The molecule has 1 fully saturated rings. The summed E-state index contributed by atoms with van der Waals surface area (Å²) >= 11 is 0. The molecule has 1 unspecified atom stereocenters. The molecular weight excluding hydrogens is 318 g/mol. The maximum atomic E-state index is 12.4. The Labute approximate surface area is 149 Å². The zero-order valence-corrected chi connectivity index (χ0v) is 15.1. The third-order valence-corrected chi connectivity index (χ3v) is 5.00. The van der Waals surface area contributed by atoms with Crippen LogP contribution in [0.25, 0.3) is 0 Å². The fourth-order valence-electron chi connectivity index (χ4n) is 3.41. The molecule has 2 rings (SSSR count). The van der Waals surface area contributed by atoms with Crippen LogP contribution in [0, 0.1) is 0 Å². The zero-order valence-electron chi connectivity index (χ0n) is 15.1. The van der Waals surface area contributed by atoms with E-state index in [4.69, 9.17) is 5.11 Å². The van der Waals surface area contributed by atoms with Crippen molar-refractivity contribution >= 4 is 11.9 Å². The number of carboxylic acid groups (broad SMARTS) is 1. The summed E-state index contributed by atoms with van der Waals surface area (Å²) in [6.07, 6.45) is 1.80. The molecule has 1 heterocycles. The summed E-state index contributed by atoms with van der Waals surface area (Å²) in [5.41, 5.74) is 1.09.